The number of halogens is 3. The molecule has 1 aliphatic rings. The first-order valence-electron chi connectivity index (χ1n) is 8.02. The van der Waals surface area contributed by atoms with Crippen LogP contribution in [0.2, 0.25) is 0 Å². The first-order chi connectivity index (χ1) is 11.6. The third-order valence-electron chi connectivity index (χ3n) is 4.52. The van der Waals surface area contributed by atoms with E-state index >= 15 is 0 Å². The van der Waals surface area contributed by atoms with Crippen molar-refractivity contribution in [3.63, 3.8) is 0 Å². The number of esters is 1. The molecule has 0 atom stereocenters. The third kappa shape index (κ3) is 2.53. The van der Waals surface area contributed by atoms with Crippen LogP contribution in [0.4, 0.5) is 13.2 Å². The lowest BCUT2D eigenvalue weighted by Crippen LogP contribution is -2.30. The van der Waals surface area contributed by atoms with Gasteiger partial charge in [0.05, 0.1) is 17.0 Å². The third-order valence-corrected chi connectivity index (χ3v) is 4.52. The number of fused-ring (bicyclic) bond motifs is 3. The van der Waals surface area contributed by atoms with Gasteiger partial charge in [0.2, 0.25) is 5.43 Å². The van der Waals surface area contributed by atoms with Crippen LogP contribution in [0, 0.1) is 17.5 Å². The molecule has 0 spiro atoms. The number of nitrogens with zero attached hydrogens (tertiary/aromatic N) is 1. The van der Waals surface area contributed by atoms with Gasteiger partial charge < -0.3 is 9.30 Å². The highest BCUT2D eigenvalue weighted by atomic mass is 19.2. The Hall–Kier alpha value is -2.31. The van der Waals surface area contributed by atoms with E-state index in [1.54, 1.807) is 27.7 Å². The van der Waals surface area contributed by atoms with Gasteiger partial charge in [-0.1, -0.05) is 0 Å². The zero-order chi connectivity index (χ0) is 18.7. The monoisotopic (exact) mass is 353 g/mol. The summed E-state index contributed by atoms with van der Waals surface area (Å²) in [6, 6.07) is 0.643. The fourth-order valence-corrected chi connectivity index (χ4v) is 3.41. The molecule has 2 heterocycles. The molecular formula is C18H18F3NO3. The summed E-state index contributed by atoms with van der Waals surface area (Å²) in [5.41, 5.74) is -1.78. The van der Waals surface area contributed by atoms with E-state index in [0.717, 1.165) is 0 Å². The number of ether oxygens (including phenoxy) is 1. The molecule has 0 aliphatic carbocycles. The Balaban J connectivity index is 2.50. The second-order valence-electron chi connectivity index (χ2n) is 7.14. The quantitative estimate of drug-likeness (QED) is 0.611. The summed E-state index contributed by atoms with van der Waals surface area (Å²) < 4.78 is 48.5. The SMILES string of the molecule is CC(C)OC(=O)c1c2n(c3c(F)c(F)c(F)cc3c1=O)C(C)(C)CC2. The molecule has 4 nitrogen and oxygen atoms in total. The maximum Gasteiger partial charge on any atom is 0.344 e. The number of rotatable bonds is 2. The smallest absolute Gasteiger partial charge is 0.344 e. The second kappa shape index (κ2) is 5.61. The molecule has 25 heavy (non-hydrogen) atoms. The van der Waals surface area contributed by atoms with E-state index < -0.39 is 40.5 Å². The van der Waals surface area contributed by atoms with Crippen LogP contribution in [-0.2, 0) is 16.7 Å². The average molecular weight is 353 g/mol. The van der Waals surface area contributed by atoms with Crippen molar-refractivity contribution < 1.29 is 22.7 Å². The molecular weight excluding hydrogens is 335 g/mol. The summed E-state index contributed by atoms with van der Waals surface area (Å²) in [5, 5.41) is -0.370. The highest BCUT2D eigenvalue weighted by Crippen LogP contribution is 2.37. The zero-order valence-corrected chi connectivity index (χ0v) is 14.4. The van der Waals surface area contributed by atoms with Gasteiger partial charge in [0.15, 0.2) is 17.5 Å². The predicted molar refractivity (Wildman–Crippen MR) is 86.3 cm³/mol. The summed E-state index contributed by atoms with van der Waals surface area (Å²) in [6.07, 6.45) is 0.393. The van der Waals surface area contributed by atoms with E-state index in [2.05, 4.69) is 0 Å². The van der Waals surface area contributed by atoms with Crippen molar-refractivity contribution in [2.45, 2.75) is 52.2 Å². The fraction of sp³-hybridized carbons (Fsp3) is 0.444. The summed E-state index contributed by atoms with van der Waals surface area (Å²) in [4.78, 5) is 25.2. The van der Waals surface area contributed by atoms with Crippen molar-refractivity contribution in [1.82, 2.24) is 4.57 Å². The number of aromatic nitrogens is 1. The van der Waals surface area contributed by atoms with Gasteiger partial charge in [-0.2, -0.15) is 0 Å². The Morgan fingerprint density at radius 1 is 1.24 bits per heavy atom. The molecule has 1 aliphatic heterocycles. The van der Waals surface area contributed by atoms with E-state index in [9.17, 15) is 22.8 Å². The Kier molecular flexibility index (Phi) is 3.93. The molecule has 0 unspecified atom stereocenters. The molecule has 2 aromatic rings. The second-order valence-corrected chi connectivity index (χ2v) is 7.14. The molecule has 1 aromatic heterocycles. The van der Waals surface area contributed by atoms with Gasteiger partial charge in [-0.05, 0) is 46.6 Å². The average Bonchev–Trinajstić information content (AvgIpc) is 2.80. The fourth-order valence-electron chi connectivity index (χ4n) is 3.41. The van der Waals surface area contributed by atoms with Crippen LogP contribution in [0.5, 0.6) is 0 Å². The highest BCUT2D eigenvalue weighted by molar-refractivity contribution is 5.96. The minimum absolute atomic E-state index is 0.239. The number of hydrogen-bond donors (Lipinski definition) is 0. The number of benzene rings is 1. The van der Waals surface area contributed by atoms with Crippen molar-refractivity contribution in [2.75, 3.05) is 0 Å². The molecule has 3 rings (SSSR count). The Bertz CT molecular complexity index is 961. The summed E-state index contributed by atoms with van der Waals surface area (Å²) in [6.45, 7) is 6.84. The van der Waals surface area contributed by atoms with Gasteiger partial charge in [-0.15, -0.1) is 0 Å². The van der Waals surface area contributed by atoms with Crippen LogP contribution in [-0.4, -0.2) is 16.6 Å². The van der Waals surface area contributed by atoms with Gasteiger partial charge in [0.25, 0.3) is 0 Å². The molecule has 0 amide bonds. The first-order valence-corrected chi connectivity index (χ1v) is 8.02. The van der Waals surface area contributed by atoms with Crippen molar-refractivity contribution in [3.05, 3.63) is 45.0 Å². The standard InChI is InChI=1S/C18H18F3NO3/c1-8(2)25-17(24)12-11-5-6-18(3,4)22(11)15-9(16(12)23)7-10(19)13(20)14(15)21/h7-8H,5-6H2,1-4H3. The van der Waals surface area contributed by atoms with Gasteiger partial charge in [0.1, 0.15) is 5.56 Å². The van der Waals surface area contributed by atoms with Crippen molar-refractivity contribution in [2.24, 2.45) is 0 Å². The minimum Gasteiger partial charge on any atom is -0.459 e. The number of carbonyl (C=O) groups is 1. The molecule has 134 valence electrons. The normalized spacial score (nSPS) is 15.7. The van der Waals surface area contributed by atoms with Gasteiger partial charge in [-0.3, -0.25) is 4.79 Å². The predicted octanol–water partition coefficient (Wildman–Crippen LogP) is 3.67. The van der Waals surface area contributed by atoms with Crippen molar-refractivity contribution in [1.29, 1.82) is 0 Å². The zero-order valence-electron chi connectivity index (χ0n) is 14.4. The van der Waals surface area contributed by atoms with Crippen molar-refractivity contribution in [3.8, 4) is 0 Å². The lowest BCUT2D eigenvalue weighted by molar-refractivity contribution is 0.0374. The van der Waals surface area contributed by atoms with Crippen LogP contribution >= 0.6 is 0 Å². The molecule has 7 heteroatoms. The molecule has 0 bridgehead atoms. The van der Waals surface area contributed by atoms with E-state index in [4.69, 9.17) is 4.74 Å². The maximum absolute atomic E-state index is 14.5. The molecule has 1 aromatic carbocycles. The summed E-state index contributed by atoms with van der Waals surface area (Å²) in [5.74, 6) is -5.37. The lowest BCUT2D eigenvalue weighted by Gasteiger charge is -2.26. The van der Waals surface area contributed by atoms with Crippen LogP contribution < -0.4 is 5.43 Å². The van der Waals surface area contributed by atoms with Gasteiger partial charge in [-0.25, -0.2) is 18.0 Å². The van der Waals surface area contributed by atoms with E-state index in [0.29, 0.717) is 18.9 Å². The highest BCUT2D eigenvalue weighted by Gasteiger charge is 2.37. The Morgan fingerprint density at radius 2 is 1.88 bits per heavy atom. The summed E-state index contributed by atoms with van der Waals surface area (Å²) >= 11 is 0. The van der Waals surface area contributed by atoms with Crippen LogP contribution in [0.3, 0.4) is 0 Å². The lowest BCUT2D eigenvalue weighted by atomic mass is 10.0. The Morgan fingerprint density at radius 3 is 2.48 bits per heavy atom. The molecule has 0 N–H and O–H groups in total. The maximum atomic E-state index is 14.5. The van der Waals surface area contributed by atoms with Crippen LogP contribution in [0.25, 0.3) is 10.9 Å². The Labute approximate surface area is 142 Å². The summed E-state index contributed by atoms with van der Waals surface area (Å²) in [7, 11) is 0. The van der Waals surface area contributed by atoms with E-state index in [1.807, 2.05) is 0 Å². The number of pyridine rings is 1. The first kappa shape index (κ1) is 17.5. The number of hydrogen-bond acceptors (Lipinski definition) is 3. The molecule has 0 fully saturated rings. The molecule has 0 radical (unpaired) electrons. The molecule has 0 saturated heterocycles. The van der Waals surface area contributed by atoms with Crippen LogP contribution in [0.1, 0.15) is 50.2 Å². The topological polar surface area (TPSA) is 48.3 Å². The van der Waals surface area contributed by atoms with E-state index in [1.165, 1.54) is 4.57 Å². The largest absolute Gasteiger partial charge is 0.459 e. The van der Waals surface area contributed by atoms with Gasteiger partial charge in [0, 0.05) is 11.2 Å². The van der Waals surface area contributed by atoms with Gasteiger partial charge >= 0.3 is 5.97 Å². The minimum atomic E-state index is -1.64. The van der Waals surface area contributed by atoms with E-state index in [-0.39, 0.29) is 22.2 Å². The number of carbonyl (C=O) groups excluding carboxylic acids is 1. The van der Waals surface area contributed by atoms with Crippen LogP contribution in [0.15, 0.2) is 10.9 Å². The molecule has 0 saturated carbocycles. The van der Waals surface area contributed by atoms with Crippen molar-refractivity contribution >= 4 is 16.9 Å².